The maximum atomic E-state index is 12.8. The summed E-state index contributed by atoms with van der Waals surface area (Å²) in [7, 11) is 0. The molecule has 30 heavy (non-hydrogen) atoms. The highest BCUT2D eigenvalue weighted by molar-refractivity contribution is 6.28. The van der Waals surface area contributed by atoms with Crippen LogP contribution in [0.3, 0.4) is 0 Å². The number of benzene rings is 3. The van der Waals surface area contributed by atoms with Crippen molar-refractivity contribution in [1.82, 2.24) is 14.3 Å². The zero-order valence-corrected chi connectivity index (χ0v) is 16.3. The van der Waals surface area contributed by atoms with Gasteiger partial charge in [-0.25, -0.2) is 4.79 Å². The van der Waals surface area contributed by atoms with Crippen molar-refractivity contribution in [2.45, 2.75) is 6.54 Å². The first-order valence-corrected chi connectivity index (χ1v) is 9.32. The minimum Gasteiger partial charge on any atom is -0.450 e. The van der Waals surface area contributed by atoms with Crippen LogP contribution in [0.5, 0.6) is 11.5 Å². The van der Waals surface area contributed by atoms with Crippen LogP contribution in [0.4, 0.5) is 5.69 Å². The van der Waals surface area contributed by atoms with Gasteiger partial charge in [0.2, 0.25) is 11.0 Å². The van der Waals surface area contributed by atoms with Gasteiger partial charge in [0.1, 0.15) is 5.75 Å². The van der Waals surface area contributed by atoms with Crippen molar-refractivity contribution in [3.8, 4) is 17.2 Å². The van der Waals surface area contributed by atoms with Crippen LogP contribution in [0.25, 0.3) is 5.69 Å². The molecule has 1 heterocycles. The highest BCUT2D eigenvalue weighted by Gasteiger charge is 2.16. The Morgan fingerprint density at radius 3 is 2.33 bits per heavy atom. The highest BCUT2D eigenvalue weighted by Crippen LogP contribution is 2.31. The molecular weight excluding hydrogens is 408 g/mol. The second-order valence-electron chi connectivity index (χ2n) is 6.36. The third-order valence-electron chi connectivity index (χ3n) is 4.37. The summed E-state index contributed by atoms with van der Waals surface area (Å²) in [5, 5.41) is 15.3. The zero-order valence-electron chi connectivity index (χ0n) is 15.5. The van der Waals surface area contributed by atoms with E-state index in [0.717, 1.165) is 5.56 Å². The minimum absolute atomic E-state index is 0.0732. The summed E-state index contributed by atoms with van der Waals surface area (Å²) < 4.78 is 8.18. The fourth-order valence-electron chi connectivity index (χ4n) is 2.92. The van der Waals surface area contributed by atoms with E-state index in [1.807, 2.05) is 30.3 Å². The maximum Gasteiger partial charge on any atom is 0.352 e. The highest BCUT2D eigenvalue weighted by atomic mass is 35.5. The Balaban J connectivity index is 1.59. The van der Waals surface area contributed by atoms with E-state index >= 15 is 0 Å². The molecule has 0 amide bonds. The first kappa shape index (κ1) is 19.4. The van der Waals surface area contributed by atoms with E-state index in [9.17, 15) is 14.9 Å². The van der Waals surface area contributed by atoms with Gasteiger partial charge in [0.05, 0.1) is 17.2 Å². The molecule has 4 aromatic rings. The van der Waals surface area contributed by atoms with Crippen molar-refractivity contribution in [2.24, 2.45) is 0 Å². The number of nitrogens with zero attached hydrogens (tertiary/aromatic N) is 4. The largest absolute Gasteiger partial charge is 0.450 e. The Morgan fingerprint density at radius 1 is 0.967 bits per heavy atom. The molecule has 0 radical (unpaired) electrons. The number of para-hydroxylation sites is 2. The summed E-state index contributed by atoms with van der Waals surface area (Å²) >= 11 is 6.18. The van der Waals surface area contributed by atoms with Crippen LogP contribution >= 0.6 is 11.6 Å². The van der Waals surface area contributed by atoms with E-state index in [2.05, 4.69) is 5.10 Å². The fourth-order valence-corrected chi connectivity index (χ4v) is 3.12. The Morgan fingerprint density at radius 2 is 1.63 bits per heavy atom. The number of hydrogen-bond donors (Lipinski definition) is 0. The van der Waals surface area contributed by atoms with Crippen LogP contribution in [0.1, 0.15) is 5.56 Å². The molecule has 8 nitrogen and oxygen atoms in total. The monoisotopic (exact) mass is 422 g/mol. The third kappa shape index (κ3) is 3.94. The average Bonchev–Trinajstić information content (AvgIpc) is 3.03. The van der Waals surface area contributed by atoms with Gasteiger partial charge in [-0.05, 0) is 47.5 Å². The minimum atomic E-state index is -0.509. The second-order valence-corrected chi connectivity index (χ2v) is 6.69. The van der Waals surface area contributed by atoms with Crippen LogP contribution in [-0.4, -0.2) is 19.3 Å². The Hall–Kier alpha value is -3.91. The topological polar surface area (TPSA) is 92.2 Å². The molecule has 4 rings (SSSR count). The lowest BCUT2D eigenvalue weighted by Crippen LogP contribution is -2.24. The van der Waals surface area contributed by atoms with E-state index in [4.69, 9.17) is 16.3 Å². The summed E-state index contributed by atoms with van der Waals surface area (Å²) in [6.07, 6.45) is 0. The summed E-state index contributed by atoms with van der Waals surface area (Å²) in [5.74, 6) is 0.513. The van der Waals surface area contributed by atoms with E-state index in [0.29, 0.717) is 18.0 Å². The molecule has 0 saturated heterocycles. The standard InChI is InChI=1S/C21H15ClN4O4/c22-20-23-25(21(27)24(20)14-15-6-2-1-3-7-15)16-10-12-17(13-11-16)30-19-9-5-4-8-18(19)26(28)29/h1-13H,14H2. The molecule has 3 aromatic carbocycles. The summed E-state index contributed by atoms with van der Waals surface area (Å²) in [6.45, 7) is 0.303. The number of nitro groups is 1. The van der Waals surface area contributed by atoms with Crippen molar-refractivity contribution >= 4 is 17.3 Å². The van der Waals surface area contributed by atoms with Crippen LogP contribution in [0.15, 0.2) is 83.7 Å². The van der Waals surface area contributed by atoms with Crippen molar-refractivity contribution < 1.29 is 9.66 Å². The van der Waals surface area contributed by atoms with Gasteiger partial charge in [-0.3, -0.25) is 14.7 Å². The predicted octanol–water partition coefficient (Wildman–Crippen LogP) is 4.44. The molecule has 0 unspecified atom stereocenters. The smallest absolute Gasteiger partial charge is 0.352 e. The second kappa shape index (κ2) is 8.22. The number of halogens is 1. The quantitative estimate of drug-likeness (QED) is 0.338. The van der Waals surface area contributed by atoms with E-state index in [1.54, 1.807) is 36.4 Å². The predicted molar refractivity (Wildman–Crippen MR) is 112 cm³/mol. The van der Waals surface area contributed by atoms with Gasteiger partial charge in [0.25, 0.3) is 0 Å². The van der Waals surface area contributed by atoms with Crippen molar-refractivity contribution in [2.75, 3.05) is 0 Å². The van der Waals surface area contributed by atoms with Gasteiger partial charge in [0.15, 0.2) is 0 Å². The van der Waals surface area contributed by atoms with Gasteiger partial charge in [-0.15, -0.1) is 5.10 Å². The first-order chi connectivity index (χ1) is 14.5. The molecule has 0 N–H and O–H groups in total. The molecular formula is C21H15ClN4O4. The molecule has 0 saturated carbocycles. The molecule has 0 aliphatic carbocycles. The lowest BCUT2D eigenvalue weighted by atomic mass is 10.2. The Kier molecular flexibility index (Phi) is 5.32. The van der Waals surface area contributed by atoms with E-state index in [1.165, 1.54) is 21.4 Å². The van der Waals surface area contributed by atoms with Crippen LogP contribution in [-0.2, 0) is 6.54 Å². The molecule has 0 fully saturated rings. The fraction of sp³-hybridized carbons (Fsp3) is 0.0476. The summed E-state index contributed by atoms with van der Waals surface area (Å²) in [6, 6.07) is 22.0. The van der Waals surface area contributed by atoms with Crippen molar-refractivity contribution in [3.05, 3.63) is 110 Å². The van der Waals surface area contributed by atoms with Gasteiger partial charge in [-0.1, -0.05) is 42.5 Å². The van der Waals surface area contributed by atoms with Gasteiger partial charge >= 0.3 is 11.4 Å². The number of ether oxygens (including phenoxy) is 1. The van der Waals surface area contributed by atoms with Gasteiger partial charge < -0.3 is 4.74 Å². The summed E-state index contributed by atoms with van der Waals surface area (Å²) in [4.78, 5) is 23.4. The molecule has 0 aliphatic rings. The number of hydrogen-bond acceptors (Lipinski definition) is 5. The van der Waals surface area contributed by atoms with Crippen LogP contribution in [0, 0.1) is 10.1 Å². The third-order valence-corrected chi connectivity index (χ3v) is 4.65. The lowest BCUT2D eigenvalue weighted by molar-refractivity contribution is -0.385. The Bertz CT molecular complexity index is 1250. The lowest BCUT2D eigenvalue weighted by Gasteiger charge is -2.07. The normalized spacial score (nSPS) is 10.7. The molecule has 150 valence electrons. The van der Waals surface area contributed by atoms with Gasteiger partial charge in [0, 0.05) is 6.07 Å². The first-order valence-electron chi connectivity index (χ1n) is 8.94. The van der Waals surface area contributed by atoms with Crippen molar-refractivity contribution in [1.29, 1.82) is 0 Å². The number of aromatic nitrogens is 3. The van der Waals surface area contributed by atoms with Gasteiger partial charge in [-0.2, -0.15) is 4.68 Å². The summed E-state index contributed by atoms with van der Waals surface area (Å²) in [5.41, 5.74) is 0.901. The van der Waals surface area contributed by atoms with E-state index in [-0.39, 0.29) is 22.4 Å². The van der Waals surface area contributed by atoms with Crippen LogP contribution in [0.2, 0.25) is 5.28 Å². The zero-order chi connectivity index (χ0) is 21.1. The maximum absolute atomic E-state index is 12.8. The van der Waals surface area contributed by atoms with Crippen LogP contribution < -0.4 is 10.4 Å². The molecule has 0 bridgehead atoms. The molecule has 0 aliphatic heterocycles. The SMILES string of the molecule is O=c1n(-c2ccc(Oc3ccccc3[N+](=O)[O-])cc2)nc(Cl)n1Cc1ccccc1. The molecule has 1 aromatic heterocycles. The number of rotatable bonds is 6. The molecule has 0 spiro atoms. The van der Waals surface area contributed by atoms with Crippen molar-refractivity contribution in [3.63, 3.8) is 0 Å². The van der Waals surface area contributed by atoms with E-state index < -0.39 is 4.92 Å². The molecule has 9 heteroatoms. The average molecular weight is 423 g/mol. The molecule has 0 atom stereocenters. The number of nitro benzene ring substituents is 1. The Labute approximate surface area is 175 Å².